The number of nitrogens with zero attached hydrogens (tertiary/aromatic N) is 1. The Labute approximate surface area is 141 Å². The first-order valence-corrected chi connectivity index (χ1v) is 8.46. The molecule has 122 valence electrons. The number of carbonyl (C=O) groups excluding carboxylic acids is 1. The summed E-state index contributed by atoms with van der Waals surface area (Å²) in [5.41, 5.74) is 2.33. The van der Waals surface area contributed by atoms with Gasteiger partial charge in [0.1, 0.15) is 12.7 Å². The number of aromatic nitrogens is 1. The molecule has 5 heteroatoms. The van der Waals surface area contributed by atoms with E-state index in [9.17, 15) is 4.79 Å². The van der Waals surface area contributed by atoms with Gasteiger partial charge in [0.15, 0.2) is 0 Å². The minimum atomic E-state index is -0.309. The van der Waals surface area contributed by atoms with Crippen molar-refractivity contribution in [2.75, 3.05) is 6.61 Å². The van der Waals surface area contributed by atoms with Crippen LogP contribution in [0, 0.1) is 6.92 Å². The van der Waals surface area contributed by atoms with Gasteiger partial charge in [-0.05, 0) is 31.0 Å². The summed E-state index contributed by atoms with van der Waals surface area (Å²) in [5.74, 6) is 1.12. The van der Waals surface area contributed by atoms with Gasteiger partial charge < -0.3 is 9.47 Å². The molecule has 0 aliphatic rings. The van der Waals surface area contributed by atoms with E-state index in [1.165, 1.54) is 12.5 Å². The molecule has 2 rings (SSSR count). The number of benzene rings is 1. The SMILES string of the molecule is CC(=O)O[C@H](C)COc1ncc(C)cc1SCc1ccccc1. The Bertz CT molecular complexity index is 646. The molecule has 0 aliphatic carbocycles. The van der Waals surface area contributed by atoms with Crippen LogP contribution in [0.3, 0.4) is 0 Å². The summed E-state index contributed by atoms with van der Waals surface area (Å²) >= 11 is 1.68. The van der Waals surface area contributed by atoms with Crippen molar-refractivity contribution in [3.63, 3.8) is 0 Å². The molecule has 0 unspecified atom stereocenters. The molecule has 4 nitrogen and oxygen atoms in total. The summed E-state index contributed by atoms with van der Waals surface area (Å²) in [6.07, 6.45) is 1.47. The molecule has 1 heterocycles. The van der Waals surface area contributed by atoms with Crippen LogP contribution < -0.4 is 4.74 Å². The average Bonchev–Trinajstić information content (AvgIpc) is 2.52. The van der Waals surface area contributed by atoms with Crippen molar-refractivity contribution in [3.05, 3.63) is 53.7 Å². The van der Waals surface area contributed by atoms with E-state index >= 15 is 0 Å². The van der Waals surface area contributed by atoms with Crippen LogP contribution in [0.15, 0.2) is 47.5 Å². The third kappa shape index (κ3) is 5.94. The Morgan fingerprint density at radius 2 is 2.04 bits per heavy atom. The fraction of sp³-hybridized carbons (Fsp3) is 0.333. The van der Waals surface area contributed by atoms with E-state index < -0.39 is 0 Å². The number of thioether (sulfide) groups is 1. The lowest BCUT2D eigenvalue weighted by atomic mass is 10.2. The lowest BCUT2D eigenvalue weighted by molar-refractivity contribution is -0.146. The molecule has 0 saturated heterocycles. The quantitative estimate of drug-likeness (QED) is 0.567. The minimum Gasteiger partial charge on any atom is -0.473 e. The lowest BCUT2D eigenvalue weighted by Gasteiger charge is -2.15. The van der Waals surface area contributed by atoms with Gasteiger partial charge in [-0.15, -0.1) is 11.8 Å². The summed E-state index contributed by atoms with van der Waals surface area (Å²) in [6.45, 7) is 5.48. The molecular formula is C18H21NO3S. The molecule has 1 atom stereocenters. The number of rotatable bonds is 7. The van der Waals surface area contributed by atoms with Crippen LogP contribution >= 0.6 is 11.8 Å². The number of hydrogen-bond acceptors (Lipinski definition) is 5. The largest absolute Gasteiger partial charge is 0.473 e. The monoisotopic (exact) mass is 331 g/mol. The van der Waals surface area contributed by atoms with Gasteiger partial charge in [-0.2, -0.15) is 0 Å². The standard InChI is InChI=1S/C18H21NO3S/c1-13-9-17(23-12-16-7-5-4-6-8-16)18(19-10-13)21-11-14(2)22-15(3)20/h4-10,14H,11-12H2,1-3H3/t14-/m1/s1. The van der Waals surface area contributed by atoms with Crippen LogP contribution in [0.2, 0.25) is 0 Å². The summed E-state index contributed by atoms with van der Waals surface area (Å²) < 4.78 is 10.8. The van der Waals surface area contributed by atoms with E-state index in [-0.39, 0.29) is 18.7 Å². The fourth-order valence-electron chi connectivity index (χ4n) is 1.99. The van der Waals surface area contributed by atoms with E-state index in [0.29, 0.717) is 5.88 Å². The van der Waals surface area contributed by atoms with Crippen molar-refractivity contribution in [1.82, 2.24) is 4.98 Å². The second-order valence-electron chi connectivity index (χ2n) is 5.32. The highest BCUT2D eigenvalue weighted by atomic mass is 32.2. The summed E-state index contributed by atoms with van der Waals surface area (Å²) in [4.78, 5) is 16.3. The van der Waals surface area contributed by atoms with Crippen molar-refractivity contribution in [1.29, 1.82) is 0 Å². The predicted octanol–water partition coefficient (Wildman–Crippen LogP) is 4.01. The average molecular weight is 331 g/mol. The summed E-state index contributed by atoms with van der Waals surface area (Å²) in [7, 11) is 0. The molecule has 0 amide bonds. The van der Waals surface area contributed by atoms with Crippen molar-refractivity contribution in [3.8, 4) is 5.88 Å². The summed E-state index contributed by atoms with van der Waals surface area (Å²) in [5, 5.41) is 0. The van der Waals surface area contributed by atoms with Crippen molar-refractivity contribution < 1.29 is 14.3 Å². The first-order valence-electron chi connectivity index (χ1n) is 7.48. The van der Waals surface area contributed by atoms with Crippen molar-refractivity contribution >= 4 is 17.7 Å². The molecule has 2 aromatic rings. The van der Waals surface area contributed by atoms with Gasteiger partial charge >= 0.3 is 5.97 Å². The predicted molar refractivity (Wildman–Crippen MR) is 91.7 cm³/mol. The fourth-order valence-corrected chi connectivity index (χ4v) is 3.01. The van der Waals surface area contributed by atoms with Crippen LogP contribution in [0.4, 0.5) is 0 Å². The zero-order valence-electron chi connectivity index (χ0n) is 13.6. The molecule has 23 heavy (non-hydrogen) atoms. The van der Waals surface area contributed by atoms with E-state index in [1.807, 2.05) is 25.1 Å². The molecule has 0 N–H and O–H groups in total. The Morgan fingerprint density at radius 1 is 1.30 bits per heavy atom. The molecular weight excluding hydrogens is 310 g/mol. The van der Waals surface area contributed by atoms with Crippen LogP contribution in [0.1, 0.15) is 25.0 Å². The van der Waals surface area contributed by atoms with E-state index in [2.05, 4.69) is 23.2 Å². The molecule has 0 bridgehead atoms. The number of esters is 1. The Hall–Kier alpha value is -2.01. The van der Waals surface area contributed by atoms with Crippen LogP contribution in [-0.4, -0.2) is 23.7 Å². The molecule has 0 aliphatic heterocycles. The van der Waals surface area contributed by atoms with Gasteiger partial charge in [0, 0.05) is 18.9 Å². The molecule has 0 fully saturated rings. The molecule has 0 radical (unpaired) electrons. The zero-order chi connectivity index (χ0) is 16.7. The van der Waals surface area contributed by atoms with Crippen LogP contribution in [0.5, 0.6) is 5.88 Å². The minimum absolute atomic E-state index is 0.286. The third-order valence-corrected chi connectivity index (χ3v) is 4.10. The third-order valence-electron chi connectivity index (χ3n) is 3.01. The maximum atomic E-state index is 10.9. The maximum absolute atomic E-state index is 10.9. The zero-order valence-corrected chi connectivity index (χ0v) is 14.4. The van der Waals surface area contributed by atoms with Crippen molar-refractivity contribution in [2.24, 2.45) is 0 Å². The highest BCUT2D eigenvalue weighted by Crippen LogP contribution is 2.30. The first kappa shape index (κ1) is 17.3. The molecule has 1 aromatic heterocycles. The van der Waals surface area contributed by atoms with Gasteiger partial charge in [0.2, 0.25) is 5.88 Å². The van der Waals surface area contributed by atoms with Gasteiger partial charge in [-0.3, -0.25) is 4.79 Å². The normalized spacial score (nSPS) is 11.8. The summed E-state index contributed by atoms with van der Waals surface area (Å²) in [6, 6.07) is 12.3. The van der Waals surface area contributed by atoms with Crippen LogP contribution in [0.25, 0.3) is 0 Å². The Kier molecular flexibility index (Phi) is 6.47. The topological polar surface area (TPSA) is 48.4 Å². The van der Waals surface area contributed by atoms with E-state index in [0.717, 1.165) is 16.2 Å². The highest BCUT2D eigenvalue weighted by molar-refractivity contribution is 7.98. The lowest BCUT2D eigenvalue weighted by Crippen LogP contribution is -2.20. The number of pyridine rings is 1. The number of ether oxygens (including phenoxy) is 2. The smallest absolute Gasteiger partial charge is 0.303 e. The highest BCUT2D eigenvalue weighted by Gasteiger charge is 2.11. The maximum Gasteiger partial charge on any atom is 0.303 e. The second kappa shape index (κ2) is 8.58. The van der Waals surface area contributed by atoms with E-state index in [4.69, 9.17) is 9.47 Å². The number of carbonyl (C=O) groups is 1. The van der Waals surface area contributed by atoms with Gasteiger partial charge in [-0.25, -0.2) is 4.98 Å². The van der Waals surface area contributed by atoms with Gasteiger partial charge in [0.05, 0.1) is 4.90 Å². The Balaban J connectivity index is 2.00. The number of aryl methyl sites for hydroxylation is 1. The first-order chi connectivity index (χ1) is 11.0. The molecule has 0 spiro atoms. The molecule has 0 saturated carbocycles. The van der Waals surface area contributed by atoms with Crippen molar-refractivity contribution in [2.45, 2.75) is 37.5 Å². The van der Waals surface area contributed by atoms with Crippen LogP contribution in [-0.2, 0) is 15.3 Å². The van der Waals surface area contributed by atoms with Gasteiger partial charge in [0.25, 0.3) is 0 Å². The second-order valence-corrected chi connectivity index (χ2v) is 6.34. The van der Waals surface area contributed by atoms with Gasteiger partial charge in [-0.1, -0.05) is 30.3 Å². The Morgan fingerprint density at radius 3 is 2.74 bits per heavy atom. The molecule has 1 aromatic carbocycles. The number of hydrogen-bond donors (Lipinski definition) is 0. The van der Waals surface area contributed by atoms with E-state index in [1.54, 1.807) is 24.9 Å².